The molecule has 2 N–H and O–H groups in total. The molecule has 0 unspecified atom stereocenters. The van der Waals surface area contributed by atoms with Gasteiger partial charge in [-0.15, -0.1) is 0 Å². The highest BCUT2D eigenvalue weighted by atomic mass is 35.5. The number of para-hydroxylation sites is 1. The number of alkyl halides is 3. The van der Waals surface area contributed by atoms with Crippen molar-refractivity contribution >= 4 is 40.1 Å². The average molecular weight is 473 g/mol. The fourth-order valence-corrected chi connectivity index (χ4v) is 3.72. The van der Waals surface area contributed by atoms with Gasteiger partial charge in [0.05, 0.1) is 22.4 Å². The molecule has 0 saturated heterocycles. The highest BCUT2D eigenvalue weighted by Gasteiger charge is 2.30. The maximum absolute atomic E-state index is 13.0. The minimum absolute atomic E-state index is 0.0580. The minimum atomic E-state index is -4.42. The number of halogens is 4. The van der Waals surface area contributed by atoms with Crippen LogP contribution in [-0.4, -0.2) is 21.6 Å². The van der Waals surface area contributed by atoms with E-state index in [1.807, 2.05) is 0 Å². The van der Waals surface area contributed by atoms with E-state index >= 15 is 0 Å². The van der Waals surface area contributed by atoms with Gasteiger partial charge in [-0.2, -0.15) is 13.2 Å². The van der Waals surface area contributed by atoms with Crippen molar-refractivity contribution in [3.63, 3.8) is 0 Å². The molecule has 1 aromatic heterocycles. The van der Waals surface area contributed by atoms with Gasteiger partial charge >= 0.3 is 12.1 Å². The molecule has 0 radical (unpaired) electrons. The van der Waals surface area contributed by atoms with E-state index in [9.17, 15) is 27.9 Å². The number of benzene rings is 3. The first-order valence-electron chi connectivity index (χ1n) is 9.71. The second-order valence-corrected chi connectivity index (χ2v) is 7.77. The summed E-state index contributed by atoms with van der Waals surface area (Å²) in [4.78, 5) is 24.5. The molecule has 168 valence electrons. The first kappa shape index (κ1) is 22.4. The van der Waals surface area contributed by atoms with E-state index in [0.717, 1.165) is 12.1 Å². The minimum Gasteiger partial charge on any atom is -0.478 e. The number of hydrogen-bond donors (Lipinski definition) is 2. The fourth-order valence-electron chi connectivity index (χ4n) is 3.55. The zero-order chi connectivity index (χ0) is 23.8. The summed E-state index contributed by atoms with van der Waals surface area (Å²) in [7, 11) is 0. The molecule has 1 amide bonds. The smallest absolute Gasteiger partial charge is 0.416 e. The normalized spacial score (nSPS) is 11.5. The molecule has 1 heterocycles. The second-order valence-electron chi connectivity index (χ2n) is 7.33. The first-order chi connectivity index (χ1) is 15.6. The third kappa shape index (κ3) is 4.70. The van der Waals surface area contributed by atoms with E-state index < -0.39 is 23.6 Å². The number of carbonyl (C=O) groups is 2. The first-order valence-corrected chi connectivity index (χ1v) is 10.1. The number of amides is 1. The summed E-state index contributed by atoms with van der Waals surface area (Å²) in [6.07, 6.45) is -2.86. The summed E-state index contributed by atoms with van der Waals surface area (Å²) < 4.78 is 40.3. The number of rotatable bonds is 5. The Bertz CT molecular complexity index is 1360. The van der Waals surface area contributed by atoms with Gasteiger partial charge in [0.25, 0.3) is 5.91 Å². The molecule has 0 bridgehead atoms. The topological polar surface area (TPSA) is 71.3 Å². The van der Waals surface area contributed by atoms with Gasteiger partial charge in [-0.05, 0) is 48.0 Å². The maximum atomic E-state index is 13.0. The Hall–Kier alpha value is -3.78. The standard InChI is InChI=1S/C24H16ClF3N2O3/c25-16-9-10-21-18(11-16)19(22(31)29-20-4-2-1-3-17(20)23(32)33)13-30(21)12-14-5-7-15(8-6-14)24(26,27)28/h1-11,13H,12H2,(H,29,31)(H,32,33). The summed E-state index contributed by atoms with van der Waals surface area (Å²) in [6, 6.07) is 15.8. The number of nitrogens with one attached hydrogen (secondary N) is 1. The summed E-state index contributed by atoms with van der Waals surface area (Å²) in [5.41, 5.74) is 0.846. The number of aromatic nitrogens is 1. The Morgan fingerprint density at radius 1 is 0.970 bits per heavy atom. The molecule has 4 rings (SSSR count). The van der Waals surface area contributed by atoms with Gasteiger partial charge in [0.2, 0.25) is 0 Å². The van der Waals surface area contributed by atoms with Gasteiger partial charge < -0.3 is 15.0 Å². The zero-order valence-electron chi connectivity index (χ0n) is 16.9. The van der Waals surface area contributed by atoms with Crippen molar-refractivity contribution in [2.24, 2.45) is 0 Å². The number of carboxylic acids is 1. The molecule has 0 aliphatic carbocycles. The molecule has 0 saturated carbocycles. The van der Waals surface area contributed by atoms with Crippen molar-refractivity contribution in [2.75, 3.05) is 5.32 Å². The van der Waals surface area contributed by atoms with E-state index in [1.54, 1.807) is 41.1 Å². The number of hydrogen-bond acceptors (Lipinski definition) is 2. The van der Waals surface area contributed by atoms with Gasteiger partial charge in [0, 0.05) is 28.7 Å². The van der Waals surface area contributed by atoms with E-state index in [0.29, 0.717) is 21.5 Å². The molecule has 0 spiro atoms. The molecule has 3 aromatic carbocycles. The summed E-state index contributed by atoms with van der Waals surface area (Å²) in [5, 5.41) is 12.9. The molecular weight excluding hydrogens is 457 g/mol. The van der Waals surface area contributed by atoms with Crippen LogP contribution in [0.4, 0.5) is 18.9 Å². The van der Waals surface area contributed by atoms with Crippen LogP contribution in [0.2, 0.25) is 5.02 Å². The number of carboxylic acid groups (broad SMARTS) is 1. The molecule has 9 heteroatoms. The van der Waals surface area contributed by atoms with Gasteiger partial charge in [-0.1, -0.05) is 35.9 Å². The van der Waals surface area contributed by atoms with Crippen molar-refractivity contribution in [3.05, 3.63) is 100 Å². The van der Waals surface area contributed by atoms with Crippen LogP contribution in [0.3, 0.4) is 0 Å². The van der Waals surface area contributed by atoms with Gasteiger partial charge in [0.1, 0.15) is 0 Å². The number of anilines is 1. The Morgan fingerprint density at radius 3 is 2.33 bits per heavy atom. The number of nitrogens with zero attached hydrogens (tertiary/aromatic N) is 1. The lowest BCUT2D eigenvalue weighted by atomic mass is 10.1. The van der Waals surface area contributed by atoms with Crippen LogP contribution in [0.25, 0.3) is 10.9 Å². The third-order valence-electron chi connectivity index (χ3n) is 5.13. The van der Waals surface area contributed by atoms with Crippen molar-refractivity contribution < 1.29 is 27.9 Å². The molecule has 0 aliphatic rings. The molecular formula is C24H16ClF3N2O3. The highest BCUT2D eigenvalue weighted by Crippen LogP contribution is 2.30. The summed E-state index contributed by atoms with van der Waals surface area (Å²) in [5.74, 6) is -1.72. The van der Waals surface area contributed by atoms with Crippen molar-refractivity contribution in [1.82, 2.24) is 4.57 Å². The Morgan fingerprint density at radius 2 is 1.67 bits per heavy atom. The summed E-state index contributed by atoms with van der Waals surface area (Å²) >= 11 is 6.13. The maximum Gasteiger partial charge on any atom is 0.416 e. The second kappa shape index (κ2) is 8.63. The predicted molar refractivity (Wildman–Crippen MR) is 119 cm³/mol. The highest BCUT2D eigenvalue weighted by molar-refractivity contribution is 6.31. The van der Waals surface area contributed by atoms with E-state index in [2.05, 4.69) is 5.32 Å². The van der Waals surface area contributed by atoms with E-state index in [4.69, 9.17) is 11.6 Å². The van der Waals surface area contributed by atoms with Gasteiger partial charge in [0.15, 0.2) is 0 Å². The quantitative estimate of drug-likeness (QED) is 0.357. The van der Waals surface area contributed by atoms with Crippen molar-refractivity contribution in [2.45, 2.75) is 12.7 Å². The van der Waals surface area contributed by atoms with Crippen LogP contribution in [-0.2, 0) is 12.7 Å². The number of aromatic carboxylic acids is 1. The Labute approximate surface area is 191 Å². The fraction of sp³-hybridized carbons (Fsp3) is 0.0833. The van der Waals surface area contributed by atoms with Crippen LogP contribution in [0.5, 0.6) is 0 Å². The Kier molecular flexibility index (Phi) is 5.86. The van der Waals surface area contributed by atoms with E-state index in [1.165, 1.54) is 24.3 Å². The lowest BCUT2D eigenvalue weighted by molar-refractivity contribution is -0.137. The molecule has 4 aromatic rings. The Balaban J connectivity index is 1.70. The zero-order valence-corrected chi connectivity index (χ0v) is 17.6. The van der Waals surface area contributed by atoms with E-state index in [-0.39, 0.29) is 23.4 Å². The largest absolute Gasteiger partial charge is 0.478 e. The lowest BCUT2D eigenvalue weighted by Crippen LogP contribution is -2.14. The van der Waals surface area contributed by atoms with Crippen LogP contribution in [0, 0.1) is 0 Å². The van der Waals surface area contributed by atoms with Crippen LogP contribution in [0.1, 0.15) is 31.8 Å². The summed E-state index contributed by atoms with van der Waals surface area (Å²) in [6.45, 7) is 0.218. The number of carbonyl (C=O) groups excluding carboxylic acids is 1. The van der Waals surface area contributed by atoms with Gasteiger partial charge in [-0.3, -0.25) is 4.79 Å². The lowest BCUT2D eigenvalue weighted by Gasteiger charge is -2.09. The number of fused-ring (bicyclic) bond motifs is 1. The SMILES string of the molecule is O=C(O)c1ccccc1NC(=O)c1cn(Cc2ccc(C(F)(F)F)cc2)c2ccc(Cl)cc12. The van der Waals surface area contributed by atoms with Crippen LogP contribution < -0.4 is 5.32 Å². The molecule has 5 nitrogen and oxygen atoms in total. The third-order valence-corrected chi connectivity index (χ3v) is 5.36. The molecule has 33 heavy (non-hydrogen) atoms. The predicted octanol–water partition coefficient (Wildman–Crippen LogP) is 6.31. The monoisotopic (exact) mass is 472 g/mol. The molecule has 0 aliphatic heterocycles. The average Bonchev–Trinajstić information content (AvgIpc) is 3.11. The van der Waals surface area contributed by atoms with Gasteiger partial charge in [-0.25, -0.2) is 4.79 Å². The van der Waals surface area contributed by atoms with Crippen LogP contribution in [0.15, 0.2) is 72.9 Å². The van der Waals surface area contributed by atoms with Crippen molar-refractivity contribution in [3.8, 4) is 0 Å². The molecule has 0 atom stereocenters. The molecule has 0 fully saturated rings. The van der Waals surface area contributed by atoms with Crippen molar-refractivity contribution in [1.29, 1.82) is 0 Å². The van der Waals surface area contributed by atoms with Crippen LogP contribution >= 0.6 is 11.6 Å².